The van der Waals surface area contributed by atoms with Crippen LogP contribution in [0, 0.1) is 23.0 Å². The number of halogens is 2. The van der Waals surface area contributed by atoms with E-state index in [0.29, 0.717) is 6.07 Å². The number of rotatable bonds is 4. The van der Waals surface area contributed by atoms with Crippen molar-refractivity contribution in [3.8, 4) is 0 Å². The van der Waals surface area contributed by atoms with E-state index in [1.807, 2.05) is 27.7 Å². The summed E-state index contributed by atoms with van der Waals surface area (Å²) < 4.78 is 53.0. The normalized spacial score (nSPS) is 14.3. The standard InChI is InChI=1S/C13H20F2N2O2S/c1-8(13(2,3)4)7-17-20(18,19)12-6-11(16)9(14)5-10(12)15/h5-6,8,17H,7,16H2,1-4H3. The van der Waals surface area contributed by atoms with Crippen LogP contribution in [0.5, 0.6) is 0 Å². The van der Waals surface area contributed by atoms with Gasteiger partial charge in [-0.3, -0.25) is 0 Å². The Morgan fingerprint density at radius 3 is 2.30 bits per heavy atom. The molecule has 1 aromatic rings. The van der Waals surface area contributed by atoms with E-state index in [9.17, 15) is 17.2 Å². The van der Waals surface area contributed by atoms with Crippen molar-refractivity contribution in [2.45, 2.75) is 32.6 Å². The van der Waals surface area contributed by atoms with Gasteiger partial charge in [0.1, 0.15) is 16.5 Å². The molecule has 0 aliphatic rings. The second-order valence-corrected chi connectivity index (χ2v) is 7.66. The molecule has 114 valence electrons. The summed E-state index contributed by atoms with van der Waals surface area (Å²) in [6.45, 7) is 7.97. The number of hydrogen-bond acceptors (Lipinski definition) is 3. The fourth-order valence-corrected chi connectivity index (χ4v) is 2.59. The first-order valence-electron chi connectivity index (χ1n) is 6.19. The molecule has 0 fully saturated rings. The topological polar surface area (TPSA) is 72.2 Å². The molecule has 0 aliphatic carbocycles. The first-order valence-corrected chi connectivity index (χ1v) is 7.67. The van der Waals surface area contributed by atoms with E-state index in [4.69, 9.17) is 5.73 Å². The van der Waals surface area contributed by atoms with Gasteiger partial charge in [-0.05, 0) is 17.4 Å². The highest BCUT2D eigenvalue weighted by molar-refractivity contribution is 7.89. The molecule has 0 heterocycles. The Morgan fingerprint density at radius 1 is 1.25 bits per heavy atom. The predicted octanol–water partition coefficient (Wildman–Crippen LogP) is 2.51. The Labute approximate surface area is 118 Å². The van der Waals surface area contributed by atoms with Gasteiger partial charge in [0.15, 0.2) is 0 Å². The maximum absolute atomic E-state index is 13.6. The molecule has 1 atom stereocenters. The van der Waals surface area contributed by atoms with Crippen molar-refractivity contribution < 1.29 is 17.2 Å². The number of sulfonamides is 1. The van der Waals surface area contributed by atoms with Gasteiger partial charge in [-0.15, -0.1) is 0 Å². The van der Waals surface area contributed by atoms with Crippen LogP contribution in [0.4, 0.5) is 14.5 Å². The second-order valence-electron chi connectivity index (χ2n) is 5.92. The maximum atomic E-state index is 13.6. The van der Waals surface area contributed by atoms with Gasteiger partial charge in [0.05, 0.1) is 5.69 Å². The Kier molecular flexibility index (Phi) is 4.76. The van der Waals surface area contributed by atoms with E-state index < -0.39 is 32.2 Å². The van der Waals surface area contributed by atoms with Crippen LogP contribution in [0.2, 0.25) is 0 Å². The number of nitrogens with two attached hydrogens (primary N) is 1. The van der Waals surface area contributed by atoms with Crippen LogP contribution < -0.4 is 10.5 Å². The zero-order chi connectivity index (χ0) is 15.7. The smallest absolute Gasteiger partial charge is 0.243 e. The molecule has 1 aromatic carbocycles. The summed E-state index contributed by atoms with van der Waals surface area (Å²) >= 11 is 0. The fourth-order valence-electron chi connectivity index (χ4n) is 1.37. The third kappa shape index (κ3) is 3.89. The highest BCUT2D eigenvalue weighted by atomic mass is 32.2. The van der Waals surface area contributed by atoms with E-state index in [2.05, 4.69) is 4.72 Å². The molecule has 7 heteroatoms. The Balaban J connectivity index is 2.98. The van der Waals surface area contributed by atoms with Gasteiger partial charge < -0.3 is 5.73 Å². The number of nitrogen functional groups attached to an aromatic ring is 1. The van der Waals surface area contributed by atoms with Crippen molar-refractivity contribution >= 4 is 15.7 Å². The molecule has 1 unspecified atom stereocenters. The van der Waals surface area contributed by atoms with Crippen molar-refractivity contribution in [1.82, 2.24) is 4.72 Å². The van der Waals surface area contributed by atoms with Crippen LogP contribution >= 0.6 is 0 Å². The van der Waals surface area contributed by atoms with Crippen molar-refractivity contribution in [2.75, 3.05) is 12.3 Å². The van der Waals surface area contributed by atoms with Crippen molar-refractivity contribution in [2.24, 2.45) is 11.3 Å². The van der Waals surface area contributed by atoms with Gasteiger partial charge in [0.2, 0.25) is 10.0 Å². The van der Waals surface area contributed by atoms with Crippen molar-refractivity contribution in [1.29, 1.82) is 0 Å². The molecule has 0 bridgehead atoms. The lowest BCUT2D eigenvalue weighted by atomic mass is 9.82. The summed E-state index contributed by atoms with van der Waals surface area (Å²) in [5, 5.41) is 0. The van der Waals surface area contributed by atoms with Crippen LogP contribution in [0.15, 0.2) is 17.0 Å². The quantitative estimate of drug-likeness (QED) is 0.840. The van der Waals surface area contributed by atoms with Gasteiger partial charge in [-0.2, -0.15) is 0 Å². The molecule has 0 radical (unpaired) electrons. The third-order valence-electron chi connectivity index (χ3n) is 3.40. The number of anilines is 1. The number of hydrogen-bond donors (Lipinski definition) is 2. The molecule has 0 spiro atoms. The first-order chi connectivity index (χ1) is 8.95. The molecule has 0 saturated carbocycles. The van der Waals surface area contributed by atoms with Crippen LogP contribution in [-0.4, -0.2) is 15.0 Å². The summed E-state index contributed by atoms with van der Waals surface area (Å²) in [5.74, 6) is -2.10. The zero-order valence-corrected chi connectivity index (χ0v) is 12.8. The monoisotopic (exact) mass is 306 g/mol. The SMILES string of the molecule is CC(CNS(=O)(=O)c1cc(N)c(F)cc1F)C(C)(C)C. The predicted molar refractivity (Wildman–Crippen MR) is 74.6 cm³/mol. The Morgan fingerprint density at radius 2 is 1.80 bits per heavy atom. The highest BCUT2D eigenvalue weighted by Gasteiger charge is 2.25. The minimum atomic E-state index is -4.06. The summed E-state index contributed by atoms with van der Waals surface area (Å²) in [4.78, 5) is -0.641. The van der Waals surface area contributed by atoms with Gasteiger partial charge in [-0.25, -0.2) is 21.9 Å². The average Bonchev–Trinajstić information content (AvgIpc) is 2.29. The molecule has 4 nitrogen and oxygen atoms in total. The Hall–Kier alpha value is -1.21. The average molecular weight is 306 g/mol. The summed E-state index contributed by atoms with van der Waals surface area (Å²) in [6.07, 6.45) is 0. The lowest BCUT2D eigenvalue weighted by Gasteiger charge is -2.27. The van der Waals surface area contributed by atoms with E-state index in [-0.39, 0.29) is 17.9 Å². The minimum absolute atomic E-state index is 0.0399. The van der Waals surface area contributed by atoms with Gasteiger partial charge >= 0.3 is 0 Å². The van der Waals surface area contributed by atoms with E-state index in [0.717, 1.165) is 6.07 Å². The summed E-state index contributed by atoms with van der Waals surface area (Å²) in [6, 6.07) is 1.26. The molecule has 0 aliphatic heterocycles. The van der Waals surface area contributed by atoms with Crippen LogP contribution in [-0.2, 0) is 10.0 Å². The molecular formula is C13H20F2N2O2S. The summed E-state index contributed by atoms with van der Waals surface area (Å²) in [7, 11) is -4.06. The molecule has 3 N–H and O–H groups in total. The van der Waals surface area contributed by atoms with Crippen LogP contribution in [0.3, 0.4) is 0 Å². The third-order valence-corrected chi connectivity index (χ3v) is 4.84. The number of nitrogens with one attached hydrogen (secondary N) is 1. The maximum Gasteiger partial charge on any atom is 0.243 e. The van der Waals surface area contributed by atoms with Gasteiger partial charge in [0.25, 0.3) is 0 Å². The van der Waals surface area contributed by atoms with Gasteiger partial charge in [0, 0.05) is 12.6 Å². The lowest BCUT2D eigenvalue weighted by molar-refractivity contribution is 0.263. The van der Waals surface area contributed by atoms with Gasteiger partial charge in [-0.1, -0.05) is 27.7 Å². The molecular weight excluding hydrogens is 286 g/mol. The van der Waals surface area contributed by atoms with Crippen molar-refractivity contribution in [3.63, 3.8) is 0 Å². The first kappa shape index (κ1) is 16.8. The van der Waals surface area contributed by atoms with Crippen molar-refractivity contribution in [3.05, 3.63) is 23.8 Å². The van der Waals surface area contributed by atoms with Crippen LogP contribution in [0.25, 0.3) is 0 Å². The molecule has 1 rings (SSSR count). The zero-order valence-electron chi connectivity index (χ0n) is 12.0. The van der Waals surface area contributed by atoms with Crippen LogP contribution in [0.1, 0.15) is 27.7 Å². The molecule has 0 amide bonds. The molecule has 0 aromatic heterocycles. The molecule has 20 heavy (non-hydrogen) atoms. The fraction of sp³-hybridized carbons (Fsp3) is 0.538. The molecule has 0 saturated heterocycles. The highest BCUT2D eigenvalue weighted by Crippen LogP contribution is 2.25. The Bertz CT molecular complexity index is 595. The van der Waals surface area contributed by atoms with E-state index in [1.54, 1.807) is 0 Å². The van der Waals surface area contributed by atoms with E-state index in [1.165, 1.54) is 0 Å². The largest absolute Gasteiger partial charge is 0.396 e. The second kappa shape index (κ2) is 5.65. The lowest BCUT2D eigenvalue weighted by Crippen LogP contribution is -2.34. The van der Waals surface area contributed by atoms with E-state index >= 15 is 0 Å². The number of benzene rings is 1. The minimum Gasteiger partial charge on any atom is -0.396 e. The summed E-state index contributed by atoms with van der Waals surface area (Å²) in [5.41, 5.74) is 4.78.